The summed E-state index contributed by atoms with van der Waals surface area (Å²) < 4.78 is 5.26. The maximum Gasteiger partial charge on any atom is 0.246 e. The van der Waals surface area contributed by atoms with Gasteiger partial charge in [0, 0.05) is 18.2 Å². The fraction of sp³-hybridized carbons (Fsp3) is 0.462. The smallest absolute Gasteiger partial charge is 0.246 e. The average molecular weight is 232 g/mol. The number of rotatable bonds is 2. The zero-order valence-electron chi connectivity index (χ0n) is 9.61. The number of carbonyl (C=O) groups is 1. The number of amides is 1. The van der Waals surface area contributed by atoms with Crippen molar-refractivity contribution in [1.29, 1.82) is 0 Å². The predicted molar refractivity (Wildman–Crippen MR) is 65.0 cm³/mol. The number of morpholine rings is 1. The van der Waals surface area contributed by atoms with E-state index in [0.717, 1.165) is 13.0 Å². The lowest BCUT2D eigenvalue weighted by Crippen LogP contribution is -2.46. The van der Waals surface area contributed by atoms with Crippen LogP contribution >= 0.6 is 0 Å². The van der Waals surface area contributed by atoms with Gasteiger partial charge in [-0.1, -0.05) is 18.2 Å². The van der Waals surface area contributed by atoms with Gasteiger partial charge in [0.25, 0.3) is 0 Å². The van der Waals surface area contributed by atoms with Crippen molar-refractivity contribution in [3.05, 3.63) is 29.8 Å². The van der Waals surface area contributed by atoms with Gasteiger partial charge in [-0.25, -0.2) is 0 Å². The summed E-state index contributed by atoms with van der Waals surface area (Å²) >= 11 is 0. The molecule has 2 heterocycles. The summed E-state index contributed by atoms with van der Waals surface area (Å²) in [5.74, 6) is 0.471. The van der Waals surface area contributed by atoms with E-state index in [9.17, 15) is 4.79 Å². The second-order valence-electron chi connectivity index (χ2n) is 4.68. The molecule has 1 amide bonds. The minimum atomic E-state index is 0.000455. The zero-order valence-corrected chi connectivity index (χ0v) is 9.61. The first-order valence-electron chi connectivity index (χ1n) is 6.03. The fourth-order valence-electron chi connectivity index (χ4n) is 2.64. The van der Waals surface area contributed by atoms with Gasteiger partial charge in [-0.2, -0.15) is 0 Å². The first-order valence-corrected chi connectivity index (χ1v) is 6.03. The molecule has 0 spiro atoms. The Hall–Kier alpha value is -1.55. The number of hydrogen-bond donors (Lipinski definition) is 2. The molecule has 0 unspecified atom stereocenters. The lowest BCUT2D eigenvalue weighted by Gasteiger charge is -2.25. The highest BCUT2D eigenvalue weighted by Crippen LogP contribution is 2.34. The molecular formula is C13H16N2O2. The molecule has 0 radical (unpaired) electrons. The van der Waals surface area contributed by atoms with Crippen LogP contribution in [0.15, 0.2) is 24.3 Å². The van der Waals surface area contributed by atoms with E-state index < -0.39 is 0 Å². The standard InChI is InChI=1S/C13H16N2O2/c16-13-8-17-7-10(15-13)5-9-6-14-12-4-2-1-3-11(9)12/h1-4,9-10,14H,5-8H2,(H,15,16)/t9-,10+/m0/s1. The molecule has 2 aliphatic rings. The molecule has 17 heavy (non-hydrogen) atoms. The lowest BCUT2D eigenvalue weighted by atomic mass is 9.94. The van der Waals surface area contributed by atoms with E-state index in [-0.39, 0.29) is 18.6 Å². The van der Waals surface area contributed by atoms with Gasteiger partial charge < -0.3 is 15.4 Å². The average Bonchev–Trinajstić information content (AvgIpc) is 2.73. The molecule has 3 rings (SSSR count). The van der Waals surface area contributed by atoms with Crippen LogP contribution in [-0.2, 0) is 9.53 Å². The molecule has 1 saturated heterocycles. The van der Waals surface area contributed by atoms with Crippen molar-refractivity contribution in [1.82, 2.24) is 5.32 Å². The lowest BCUT2D eigenvalue weighted by molar-refractivity contribution is -0.131. The van der Waals surface area contributed by atoms with E-state index in [1.807, 2.05) is 6.07 Å². The second kappa shape index (κ2) is 4.37. The topological polar surface area (TPSA) is 50.4 Å². The molecule has 1 aromatic rings. The third-order valence-corrected chi connectivity index (χ3v) is 3.43. The molecule has 4 nitrogen and oxygen atoms in total. The fourth-order valence-corrected chi connectivity index (χ4v) is 2.64. The van der Waals surface area contributed by atoms with E-state index in [4.69, 9.17) is 4.74 Å². The Labute approximate surface area is 100 Å². The Morgan fingerprint density at radius 1 is 1.35 bits per heavy atom. The molecule has 4 heteroatoms. The van der Waals surface area contributed by atoms with Crippen molar-refractivity contribution >= 4 is 11.6 Å². The van der Waals surface area contributed by atoms with Gasteiger partial charge in [0.05, 0.1) is 12.6 Å². The number of anilines is 1. The first kappa shape index (κ1) is 10.6. The summed E-state index contributed by atoms with van der Waals surface area (Å²) in [6.45, 7) is 1.78. The van der Waals surface area contributed by atoms with Crippen LogP contribution in [0, 0.1) is 0 Å². The maximum atomic E-state index is 11.2. The van der Waals surface area contributed by atoms with Crippen LogP contribution in [-0.4, -0.2) is 31.7 Å². The number of carbonyl (C=O) groups excluding carboxylic acids is 1. The zero-order chi connectivity index (χ0) is 11.7. The summed E-state index contributed by atoms with van der Waals surface area (Å²) in [5, 5.41) is 6.38. The van der Waals surface area contributed by atoms with E-state index >= 15 is 0 Å². The summed E-state index contributed by atoms with van der Waals surface area (Å²) in [5.41, 5.74) is 2.58. The Morgan fingerprint density at radius 2 is 2.24 bits per heavy atom. The molecule has 2 aliphatic heterocycles. The summed E-state index contributed by atoms with van der Waals surface area (Å²) in [6.07, 6.45) is 0.940. The van der Waals surface area contributed by atoms with Crippen LogP contribution in [0.3, 0.4) is 0 Å². The van der Waals surface area contributed by atoms with Gasteiger partial charge in [-0.3, -0.25) is 4.79 Å². The highest BCUT2D eigenvalue weighted by Gasteiger charge is 2.27. The highest BCUT2D eigenvalue weighted by molar-refractivity contribution is 5.78. The number of hydrogen-bond acceptors (Lipinski definition) is 3. The first-order chi connectivity index (χ1) is 8.33. The van der Waals surface area contributed by atoms with Crippen LogP contribution in [0.1, 0.15) is 17.9 Å². The minimum absolute atomic E-state index is 0.000455. The Morgan fingerprint density at radius 3 is 3.12 bits per heavy atom. The van der Waals surface area contributed by atoms with Crippen LogP contribution in [0.2, 0.25) is 0 Å². The molecule has 1 fully saturated rings. The van der Waals surface area contributed by atoms with Crippen LogP contribution in [0.4, 0.5) is 5.69 Å². The van der Waals surface area contributed by atoms with Crippen molar-refractivity contribution in [3.8, 4) is 0 Å². The number of fused-ring (bicyclic) bond motifs is 1. The van der Waals surface area contributed by atoms with Gasteiger partial charge in [0.1, 0.15) is 6.61 Å². The van der Waals surface area contributed by atoms with E-state index in [1.54, 1.807) is 0 Å². The quantitative estimate of drug-likeness (QED) is 0.803. The number of para-hydroxylation sites is 1. The summed E-state index contributed by atoms with van der Waals surface area (Å²) in [4.78, 5) is 11.2. The SMILES string of the molecule is O=C1COC[C@@H](C[C@H]2CNc3ccccc32)N1. The van der Waals surface area contributed by atoms with Crippen molar-refractivity contribution in [3.63, 3.8) is 0 Å². The molecule has 1 aromatic carbocycles. The molecule has 2 N–H and O–H groups in total. The molecule has 90 valence electrons. The predicted octanol–water partition coefficient (Wildman–Crippen LogP) is 1.10. The normalized spacial score (nSPS) is 27.2. The van der Waals surface area contributed by atoms with Crippen molar-refractivity contribution in [2.45, 2.75) is 18.4 Å². The third-order valence-electron chi connectivity index (χ3n) is 3.43. The minimum Gasteiger partial charge on any atom is -0.384 e. The number of nitrogens with one attached hydrogen (secondary N) is 2. The molecule has 0 aromatic heterocycles. The molecule has 0 saturated carbocycles. The second-order valence-corrected chi connectivity index (χ2v) is 4.68. The van der Waals surface area contributed by atoms with Crippen molar-refractivity contribution in [2.24, 2.45) is 0 Å². The van der Waals surface area contributed by atoms with Crippen LogP contribution in [0.25, 0.3) is 0 Å². The van der Waals surface area contributed by atoms with Crippen molar-refractivity contribution in [2.75, 3.05) is 25.1 Å². The molecule has 2 atom stereocenters. The van der Waals surface area contributed by atoms with Gasteiger partial charge in [0.2, 0.25) is 5.91 Å². The van der Waals surface area contributed by atoms with Gasteiger partial charge in [-0.15, -0.1) is 0 Å². The van der Waals surface area contributed by atoms with Gasteiger partial charge in [-0.05, 0) is 18.1 Å². The molecular weight excluding hydrogens is 216 g/mol. The van der Waals surface area contributed by atoms with Gasteiger partial charge >= 0.3 is 0 Å². The Kier molecular flexibility index (Phi) is 2.73. The molecule has 0 bridgehead atoms. The summed E-state index contributed by atoms with van der Waals surface area (Å²) in [7, 11) is 0. The number of benzene rings is 1. The van der Waals surface area contributed by atoms with E-state index in [1.165, 1.54) is 11.3 Å². The van der Waals surface area contributed by atoms with Crippen molar-refractivity contribution < 1.29 is 9.53 Å². The van der Waals surface area contributed by atoms with E-state index in [2.05, 4.69) is 28.8 Å². The van der Waals surface area contributed by atoms with Crippen LogP contribution in [0.5, 0.6) is 0 Å². The van der Waals surface area contributed by atoms with E-state index in [0.29, 0.717) is 12.5 Å². The maximum absolute atomic E-state index is 11.2. The number of ether oxygens (including phenoxy) is 1. The third kappa shape index (κ3) is 2.13. The Bertz CT molecular complexity index is 433. The molecule has 0 aliphatic carbocycles. The Balaban J connectivity index is 1.69. The monoisotopic (exact) mass is 232 g/mol. The van der Waals surface area contributed by atoms with Gasteiger partial charge in [0.15, 0.2) is 0 Å². The van der Waals surface area contributed by atoms with Crippen LogP contribution < -0.4 is 10.6 Å². The highest BCUT2D eigenvalue weighted by atomic mass is 16.5. The summed E-state index contributed by atoms with van der Waals surface area (Å²) in [6, 6.07) is 8.51. The largest absolute Gasteiger partial charge is 0.384 e.